The number of phenolic OH excluding ortho intramolecular Hbond substituents is 1. The normalized spacial score (nSPS) is 25.7. The minimum absolute atomic E-state index is 0.0180. The van der Waals surface area contributed by atoms with Gasteiger partial charge in [-0.25, -0.2) is 0 Å². The molecule has 0 aromatic heterocycles. The molecule has 2 aromatic carbocycles. The van der Waals surface area contributed by atoms with Crippen molar-refractivity contribution in [2.45, 2.75) is 31.0 Å². The van der Waals surface area contributed by atoms with Crippen LogP contribution in [0.3, 0.4) is 0 Å². The van der Waals surface area contributed by atoms with Crippen molar-refractivity contribution in [2.75, 3.05) is 33.1 Å². The lowest BCUT2D eigenvalue weighted by Gasteiger charge is -2.50. The zero-order valence-corrected chi connectivity index (χ0v) is 23.3. The van der Waals surface area contributed by atoms with E-state index in [0.29, 0.717) is 16.7 Å². The van der Waals surface area contributed by atoms with Gasteiger partial charge in [0.1, 0.15) is 22.8 Å². The van der Waals surface area contributed by atoms with E-state index in [1.165, 1.54) is 4.90 Å². The minimum atomic E-state index is -2.68. The Morgan fingerprint density at radius 2 is 1.71 bits per heavy atom. The summed E-state index contributed by atoms with van der Waals surface area (Å²) in [7, 11) is 7.03. The fourth-order valence-electron chi connectivity index (χ4n) is 6.73. The largest absolute Gasteiger partial charge is 0.510 e. The number of anilines is 1. The van der Waals surface area contributed by atoms with Gasteiger partial charge in [0.25, 0.3) is 5.91 Å². The number of primary amides is 1. The molecule has 41 heavy (non-hydrogen) atoms. The average molecular weight is 563 g/mol. The van der Waals surface area contributed by atoms with Crippen molar-refractivity contribution in [3.63, 3.8) is 0 Å². The Hall–Kier alpha value is -4.19. The van der Waals surface area contributed by atoms with E-state index in [9.17, 15) is 34.8 Å². The van der Waals surface area contributed by atoms with E-state index < -0.39 is 58.0 Å². The van der Waals surface area contributed by atoms with Crippen LogP contribution in [-0.4, -0.2) is 82.6 Å². The van der Waals surface area contributed by atoms with Crippen LogP contribution >= 0.6 is 0 Å². The van der Waals surface area contributed by atoms with Crippen molar-refractivity contribution in [3.05, 3.63) is 69.7 Å². The van der Waals surface area contributed by atoms with Gasteiger partial charge in [0, 0.05) is 43.4 Å². The fraction of sp³-hybridized carbons (Fsp3) is 0.367. The Bertz CT molecular complexity index is 1560. The number of benzene rings is 2. The number of aromatic hydroxyl groups is 1. The van der Waals surface area contributed by atoms with Crippen LogP contribution in [0.15, 0.2) is 53.0 Å². The molecule has 3 aliphatic carbocycles. The lowest BCUT2D eigenvalue weighted by molar-refractivity contribution is -0.148. The quantitative estimate of drug-likeness (QED) is 0.290. The molecule has 8 N–H and O–H groups in total. The second-order valence-electron chi connectivity index (χ2n) is 11.4. The van der Waals surface area contributed by atoms with Crippen molar-refractivity contribution in [3.8, 4) is 16.9 Å². The van der Waals surface area contributed by atoms with Crippen LogP contribution in [0.2, 0.25) is 0 Å². The predicted octanol–water partition coefficient (Wildman–Crippen LogP) is 1.31. The summed E-state index contributed by atoms with van der Waals surface area (Å²) < 4.78 is 0. The maximum absolute atomic E-state index is 14.1. The van der Waals surface area contributed by atoms with Crippen LogP contribution in [0, 0.1) is 11.8 Å². The van der Waals surface area contributed by atoms with Gasteiger partial charge < -0.3 is 36.8 Å². The van der Waals surface area contributed by atoms with Crippen molar-refractivity contribution < 1.29 is 34.8 Å². The number of carbonyl (C=O) groups excluding carboxylic acids is 3. The number of phenols is 1. The van der Waals surface area contributed by atoms with Crippen molar-refractivity contribution in [1.82, 2.24) is 4.90 Å². The zero-order chi connectivity index (χ0) is 30.1. The molecule has 2 aromatic rings. The Labute approximate surface area is 237 Å². The Morgan fingerprint density at radius 3 is 2.24 bits per heavy atom. The maximum Gasteiger partial charge on any atom is 0.255 e. The van der Waals surface area contributed by atoms with Gasteiger partial charge in [0.15, 0.2) is 11.4 Å². The van der Waals surface area contributed by atoms with Gasteiger partial charge in [-0.3, -0.25) is 19.3 Å². The van der Waals surface area contributed by atoms with Gasteiger partial charge in [0.05, 0.1) is 11.6 Å². The summed E-state index contributed by atoms with van der Waals surface area (Å²) in [4.78, 5) is 43.2. The first-order chi connectivity index (χ1) is 19.2. The number of allylic oxidation sites excluding steroid dienone is 1. The molecule has 0 saturated carbocycles. The Kier molecular flexibility index (Phi) is 6.72. The molecule has 1 amide bonds. The first-order valence-corrected chi connectivity index (χ1v) is 13.3. The van der Waals surface area contributed by atoms with Crippen LogP contribution < -0.4 is 16.4 Å². The molecular weight excluding hydrogens is 528 g/mol. The van der Waals surface area contributed by atoms with Crippen LogP contribution in [0.25, 0.3) is 11.1 Å². The van der Waals surface area contributed by atoms with Crippen molar-refractivity contribution in [2.24, 2.45) is 23.3 Å². The second-order valence-corrected chi connectivity index (χ2v) is 11.4. The molecule has 0 heterocycles. The summed E-state index contributed by atoms with van der Waals surface area (Å²) in [5.41, 5.74) is 10.9. The number of fused-ring (bicyclic) bond motifs is 3. The average Bonchev–Trinajstić information content (AvgIpc) is 2.90. The number of hydrogen-bond donors (Lipinski definition) is 6. The highest BCUT2D eigenvalue weighted by atomic mass is 16.3. The van der Waals surface area contributed by atoms with E-state index in [4.69, 9.17) is 11.5 Å². The van der Waals surface area contributed by atoms with Gasteiger partial charge in [-0.15, -0.1) is 0 Å². The maximum atomic E-state index is 14.1. The second kappa shape index (κ2) is 9.72. The molecule has 11 nitrogen and oxygen atoms in total. The van der Waals surface area contributed by atoms with Gasteiger partial charge in [-0.2, -0.15) is 0 Å². The molecular formula is C30H34N4O7. The lowest BCUT2D eigenvalue weighted by atomic mass is 9.58. The molecule has 0 radical (unpaired) electrons. The summed E-state index contributed by atoms with van der Waals surface area (Å²) in [6.07, 6.45) is 0.210. The summed E-state index contributed by atoms with van der Waals surface area (Å²) in [5, 5.41) is 45.3. The third kappa shape index (κ3) is 3.95. The predicted molar refractivity (Wildman–Crippen MR) is 151 cm³/mol. The number of ketones is 2. The number of nitrogens with two attached hydrogens (primary N) is 2. The van der Waals surface area contributed by atoms with Crippen LogP contribution in [0.5, 0.6) is 5.75 Å². The molecule has 11 heteroatoms. The molecule has 4 unspecified atom stereocenters. The van der Waals surface area contributed by atoms with E-state index >= 15 is 0 Å². The number of Topliss-reactive ketones (excluding diaryl/α,β-unsaturated/α-hetero) is 2. The number of amides is 1. The molecule has 0 fully saturated rings. The van der Waals surface area contributed by atoms with E-state index in [1.54, 1.807) is 20.2 Å². The number of aliphatic hydroxyl groups excluding tert-OH is 2. The molecule has 5 rings (SSSR count). The van der Waals surface area contributed by atoms with Gasteiger partial charge in [-0.05, 0) is 67.7 Å². The Morgan fingerprint density at radius 1 is 1.07 bits per heavy atom. The monoisotopic (exact) mass is 562 g/mol. The molecule has 0 spiro atoms. The first kappa shape index (κ1) is 28.3. The summed E-state index contributed by atoms with van der Waals surface area (Å²) in [5.74, 6) is -6.85. The number of hydrogen-bond acceptors (Lipinski definition) is 10. The highest BCUT2D eigenvalue weighted by molar-refractivity contribution is 6.25. The van der Waals surface area contributed by atoms with Gasteiger partial charge in [-0.1, -0.05) is 12.1 Å². The van der Waals surface area contributed by atoms with Crippen LogP contribution in [-0.2, 0) is 22.6 Å². The smallest absolute Gasteiger partial charge is 0.255 e. The van der Waals surface area contributed by atoms with Crippen molar-refractivity contribution in [1.29, 1.82) is 0 Å². The third-order valence-electron chi connectivity index (χ3n) is 8.72. The molecule has 0 saturated heterocycles. The Balaban J connectivity index is 1.73. The topological polar surface area (TPSA) is 191 Å². The SMILES string of the molecule is CN(C)c1ccc(-c2cc(CN)c(O)c3c2CC2CC4C(N(C)C)C(O)=C(C(N)=O)C(=O)C4(O)C(O)=C2C3=O)cc1. The summed E-state index contributed by atoms with van der Waals surface area (Å²) >= 11 is 0. The number of carbonyl (C=O) groups is 3. The third-order valence-corrected chi connectivity index (χ3v) is 8.72. The van der Waals surface area contributed by atoms with Gasteiger partial charge in [0.2, 0.25) is 5.78 Å². The highest BCUT2D eigenvalue weighted by Crippen LogP contribution is 2.53. The van der Waals surface area contributed by atoms with Gasteiger partial charge >= 0.3 is 0 Å². The molecule has 3 aliphatic rings. The standard InChI is InChI=1S/C30H34N4O7/c1-33(2)16-7-5-13(6-8-16)17-10-15(12-31)24(35)21-18(17)9-14-11-19-23(34(3)4)26(37)22(29(32)40)28(39)30(19,41)27(38)20(14)25(21)36/h5-8,10,14,19,23,35,37-38,41H,9,11-12,31H2,1-4H3,(H2,32,40). The van der Waals surface area contributed by atoms with E-state index in [1.807, 2.05) is 43.3 Å². The molecule has 0 bridgehead atoms. The number of aliphatic hydroxyl groups is 3. The lowest BCUT2D eigenvalue weighted by Crippen LogP contribution is -2.63. The fourth-order valence-corrected chi connectivity index (χ4v) is 6.73. The van der Waals surface area contributed by atoms with Crippen molar-refractivity contribution >= 4 is 23.2 Å². The van der Waals surface area contributed by atoms with Crippen LogP contribution in [0.4, 0.5) is 5.69 Å². The van der Waals surface area contributed by atoms with E-state index in [-0.39, 0.29) is 36.3 Å². The first-order valence-electron chi connectivity index (χ1n) is 13.3. The number of likely N-dealkylation sites (N-methyl/N-ethyl adjacent to an activating group) is 1. The molecule has 4 atom stereocenters. The zero-order valence-electron chi connectivity index (χ0n) is 23.3. The highest BCUT2D eigenvalue weighted by Gasteiger charge is 2.63. The molecule has 216 valence electrons. The summed E-state index contributed by atoms with van der Waals surface area (Å²) in [6.45, 7) is -0.0648. The summed E-state index contributed by atoms with van der Waals surface area (Å²) in [6, 6.07) is 8.38. The number of rotatable bonds is 5. The number of nitrogens with zero attached hydrogens (tertiary/aromatic N) is 2. The minimum Gasteiger partial charge on any atom is -0.510 e. The van der Waals surface area contributed by atoms with Crippen LogP contribution in [0.1, 0.15) is 27.9 Å². The van der Waals surface area contributed by atoms with E-state index in [0.717, 1.165) is 11.3 Å². The molecule has 0 aliphatic heterocycles. The van der Waals surface area contributed by atoms with E-state index in [2.05, 4.69) is 0 Å².